The topological polar surface area (TPSA) is 64.2 Å². The second-order valence-corrected chi connectivity index (χ2v) is 3.67. The Bertz CT molecular complexity index is 316. The Morgan fingerprint density at radius 1 is 1.64 bits per heavy atom. The highest BCUT2D eigenvalue weighted by Crippen LogP contribution is 2.13. The average molecular weight is 194 g/mol. The van der Waals surface area contributed by atoms with Crippen LogP contribution in [0.25, 0.3) is 0 Å². The van der Waals surface area contributed by atoms with E-state index in [9.17, 15) is 4.79 Å². The van der Waals surface area contributed by atoms with Crippen LogP contribution in [-0.4, -0.2) is 39.7 Å². The van der Waals surface area contributed by atoms with E-state index in [1.165, 1.54) is 0 Å². The van der Waals surface area contributed by atoms with Gasteiger partial charge in [0.05, 0.1) is 0 Å². The molecule has 0 bridgehead atoms. The summed E-state index contributed by atoms with van der Waals surface area (Å²) in [5.41, 5.74) is 5.61. The summed E-state index contributed by atoms with van der Waals surface area (Å²) in [5, 5.41) is 4.03. The number of carbonyl (C=O) groups is 1. The second kappa shape index (κ2) is 3.42. The Morgan fingerprint density at radius 2 is 2.36 bits per heavy atom. The van der Waals surface area contributed by atoms with Crippen LogP contribution in [-0.2, 0) is 4.79 Å². The van der Waals surface area contributed by atoms with Gasteiger partial charge in [-0.05, 0) is 13.0 Å². The summed E-state index contributed by atoms with van der Waals surface area (Å²) >= 11 is 0. The predicted octanol–water partition coefficient (Wildman–Crippen LogP) is -0.386. The molecule has 0 aliphatic carbocycles. The number of likely N-dealkylation sites (tertiary alicyclic amines) is 1. The zero-order valence-corrected chi connectivity index (χ0v) is 8.13. The molecule has 1 fully saturated rings. The first-order valence-electron chi connectivity index (χ1n) is 4.72. The van der Waals surface area contributed by atoms with E-state index in [0.29, 0.717) is 13.1 Å². The number of nitrogens with zero attached hydrogens (tertiary/aromatic N) is 3. The highest BCUT2D eigenvalue weighted by Gasteiger charge is 2.31. The number of carbonyl (C=O) groups excluding carboxylic acids is 1. The molecule has 5 nitrogen and oxygen atoms in total. The lowest BCUT2D eigenvalue weighted by molar-refractivity contribution is -0.138. The molecule has 0 spiro atoms. The van der Waals surface area contributed by atoms with Gasteiger partial charge in [-0.15, -0.1) is 0 Å². The molecule has 0 radical (unpaired) electrons. The lowest BCUT2D eigenvalue weighted by atomic mass is 10.1. The van der Waals surface area contributed by atoms with Gasteiger partial charge in [0, 0.05) is 31.5 Å². The van der Waals surface area contributed by atoms with Gasteiger partial charge in [-0.3, -0.25) is 9.48 Å². The quantitative estimate of drug-likeness (QED) is 0.697. The molecule has 2 rings (SSSR count). The molecule has 5 heteroatoms. The lowest BCUT2D eigenvalue weighted by Gasteiger charge is -2.38. The van der Waals surface area contributed by atoms with E-state index in [4.69, 9.17) is 5.73 Å². The van der Waals surface area contributed by atoms with Crippen LogP contribution in [0.15, 0.2) is 18.5 Å². The van der Waals surface area contributed by atoms with E-state index in [1.807, 2.05) is 13.0 Å². The third-order valence-electron chi connectivity index (χ3n) is 2.50. The largest absolute Gasteiger partial charge is 0.338 e. The monoisotopic (exact) mass is 194 g/mol. The maximum Gasteiger partial charge on any atom is 0.247 e. The van der Waals surface area contributed by atoms with Crippen molar-refractivity contribution in [2.24, 2.45) is 5.73 Å². The smallest absolute Gasteiger partial charge is 0.247 e. The second-order valence-electron chi connectivity index (χ2n) is 3.67. The van der Waals surface area contributed by atoms with Gasteiger partial charge in [-0.2, -0.15) is 5.10 Å². The maximum absolute atomic E-state index is 11.8. The number of hydrogen-bond donors (Lipinski definition) is 1. The van der Waals surface area contributed by atoms with E-state index >= 15 is 0 Å². The van der Waals surface area contributed by atoms with Crippen molar-refractivity contribution >= 4 is 5.91 Å². The first-order valence-corrected chi connectivity index (χ1v) is 4.72. The highest BCUT2D eigenvalue weighted by atomic mass is 16.2. The molecule has 1 aliphatic heterocycles. The van der Waals surface area contributed by atoms with Gasteiger partial charge in [0.1, 0.15) is 6.04 Å². The predicted molar refractivity (Wildman–Crippen MR) is 51.5 cm³/mol. The molecular formula is C9H14N4O. The molecule has 2 heterocycles. The molecule has 76 valence electrons. The number of nitrogens with two attached hydrogens (primary N) is 1. The Hall–Kier alpha value is -1.36. The van der Waals surface area contributed by atoms with Crippen molar-refractivity contribution in [2.45, 2.75) is 19.0 Å². The Balaban J connectivity index is 1.99. The summed E-state index contributed by atoms with van der Waals surface area (Å²) in [7, 11) is 0. The van der Waals surface area contributed by atoms with E-state index < -0.39 is 0 Å². The number of hydrogen-bond acceptors (Lipinski definition) is 3. The first-order chi connectivity index (χ1) is 6.68. The Morgan fingerprint density at radius 3 is 2.86 bits per heavy atom. The molecule has 1 aliphatic rings. The Kier molecular flexibility index (Phi) is 2.25. The average Bonchev–Trinajstić information content (AvgIpc) is 2.63. The van der Waals surface area contributed by atoms with Crippen LogP contribution in [0.3, 0.4) is 0 Å². The van der Waals surface area contributed by atoms with Crippen LogP contribution >= 0.6 is 0 Å². The molecule has 0 saturated carbocycles. The number of aromatic nitrogens is 2. The highest BCUT2D eigenvalue weighted by molar-refractivity contribution is 5.80. The van der Waals surface area contributed by atoms with Crippen LogP contribution < -0.4 is 5.73 Å². The van der Waals surface area contributed by atoms with Crippen molar-refractivity contribution in [2.75, 3.05) is 13.1 Å². The van der Waals surface area contributed by atoms with Crippen LogP contribution in [0.5, 0.6) is 0 Å². The van der Waals surface area contributed by atoms with Crippen molar-refractivity contribution in [3.63, 3.8) is 0 Å². The van der Waals surface area contributed by atoms with E-state index in [-0.39, 0.29) is 18.0 Å². The minimum Gasteiger partial charge on any atom is -0.338 e. The molecule has 1 amide bonds. The minimum absolute atomic E-state index is 0.0930. The maximum atomic E-state index is 11.8. The SMILES string of the molecule is CC(C(=O)N1CC(N)C1)n1cccn1. The fourth-order valence-corrected chi connectivity index (χ4v) is 1.58. The van der Waals surface area contributed by atoms with Gasteiger partial charge < -0.3 is 10.6 Å². The van der Waals surface area contributed by atoms with Gasteiger partial charge in [0.15, 0.2) is 0 Å². The number of amides is 1. The zero-order valence-electron chi connectivity index (χ0n) is 8.13. The van der Waals surface area contributed by atoms with Gasteiger partial charge in [0.25, 0.3) is 0 Å². The summed E-state index contributed by atoms with van der Waals surface area (Å²) in [6, 6.07) is 1.74. The third-order valence-corrected chi connectivity index (χ3v) is 2.50. The van der Waals surface area contributed by atoms with Crippen LogP contribution in [0.4, 0.5) is 0 Å². The fraction of sp³-hybridized carbons (Fsp3) is 0.556. The van der Waals surface area contributed by atoms with Crippen molar-refractivity contribution in [1.29, 1.82) is 0 Å². The summed E-state index contributed by atoms with van der Waals surface area (Å²) in [5.74, 6) is 0.0930. The molecule has 1 atom stereocenters. The van der Waals surface area contributed by atoms with Gasteiger partial charge in [-0.1, -0.05) is 0 Å². The molecule has 14 heavy (non-hydrogen) atoms. The summed E-state index contributed by atoms with van der Waals surface area (Å²) in [6.45, 7) is 3.19. The molecule has 0 aromatic carbocycles. The van der Waals surface area contributed by atoms with Crippen LogP contribution in [0.1, 0.15) is 13.0 Å². The summed E-state index contributed by atoms with van der Waals surface area (Å²) in [4.78, 5) is 13.5. The molecule has 1 unspecified atom stereocenters. The molecular weight excluding hydrogens is 180 g/mol. The van der Waals surface area contributed by atoms with Gasteiger partial charge in [-0.25, -0.2) is 0 Å². The van der Waals surface area contributed by atoms with Gasteiger partial charge in [0.2, 0.25) is 5.91 Å². The standard InChI is InChI=1S/C9H14N4O/c1-7(13-4-2-3-11-13)9(14)12-5-8(10)6-12/h2-4,7-8H,5-6,10H2,1H3. The van der Waals surface area contributed by atoms with Crippen LogP contribution in [0, 0.1) is 0 Å². The van der Waals surface area contributed by atoms with Gasteiger partial charge >= 0.3 is 0 Å². The van der Waals surface area contributed by atoms with Crippen molar-refractivity contribution in [1.82, 2.24) is 14.7 Å². The lowest BCUT2D eigenvalue weighted by Crippen LogP contribution is -2.59. The number of rotatable bonds is 2. The first kappa shape index (κ1) is 9.21. The van der Waals surface area contributed by atoms with Crippen molar-refractivity contribution in [3.05, 3.63) is 18.5 Å². The van der Waals surface area contributed by atoms with E-state index in [0.717, 1.165) is 0 Å². The Labute approximate surface area is 82.5 Å². The van der Waals surface area contributed by atoms with Crippen LogP contribution in [0.2, 0.25) is 0 Å². The van der Waals surface area contributed by atoms with Crippen molar-refractivity contribution < 1.29 is 4.79 Å². The zero-order chi connectivity index (χ0) is 10.1. The fourth-order valence-electron chi connectivity index (χ4n) is 1.58. The third kappa shape index (κ3) is 1.50. The molecule has 1 saturated heterocycles. The summed E-state index contributed by atoms with van der Waals surface area (Å²) in [6.07, 6.45) is 3.47. The minimum atomic E-state index is -0.225. The van der Waals surface area contributed by atoms with Crippen molar-refractivity contribution in [3.8, 4) is 0 Å². The van der Waals surface area contributed by atoms with E-state index in [2.05, 4.69) is 5.10 Å². The molecule has 1 aromatic rings. The normalized spacial score (nSPS) is 19.1. The molecule has 2 N–H and O–H groups in total. The summed E-state index contributed by atoms with van der Waals surface area (Å²) < 4.78 is 1.66. The van der Waals surface area contributed by atoms with E-state index in [1.54, 1.807) is 22.0 Å². The molecule has 1 aromatic heterocycles.